The molecule has 0 atom stereocenters. The summed E-state index contributed by atoms with van der Waals surface area (Å²) in [6, 6.07) is 3.43. The van der Waals surface area contributed by atoms with Gasteiger partial charge in [-0.25, -0.2) is 10.1 Å². The number of hydrogen-bond donors (Lipinski definition) is 1. The van der Waals surface area contributed by atoms with Gasteiger partial charge in [0.15, 0.2) is 0 Å². The summed E-state index contributed by atoms with van der Waals surface area (Å²) < 4.78 is 25.7. The van der Waals surface area contributed by atoms with Gasteiger partial charge in [0.2, 0.25) is 0 Å². The highest BCUT2D eigenvalue weighted by Gasteiger charge is 2.08. The molecule has 0 unspecified atom stereocenters. The van der Waals surface area contributed by atoms with E-state index in [1.807, 2.05) is 14.1 Å². The average molecular weight is 231 g/mol. The van der Waals surface area contributed by atoms with Gasteiger partial charge in [0.05, 0.1) is 6.61 Å². The molecule has 0 radical (unpaired) electrons. The van der Waals surface area contributed by atoms with Crippen LogP contribution in [0.5, 0.6) is 0 Å². The van der Waals surface area contributed by atoms with Crippen LogP contribution in [-0.2, 0) is 21.1 Å². The zero-order chi connectivity index (χ0) is 11.5. The van der Waals surface area contributed by atoms with Crippen molar-refractivity contribution in [2.45, 2.75) is 6.61 Å². The molecule has 1 rings (SSSR count). The number of nitrogens with zero attached hydrogens (tertiary/aromatic N) is 2. The zero-order valence-corrected chi connectivity index (χ0v) is 9.36. The molecule has 0 saturated carbocycles. The van der Waals surface area contributed by atoms with Crippen molar-refractivity contribution < 1.29 is 12.6 Å². The molecule has 2 N–H and O–H groups in total. The van der Waals surface area contributed by atoms with Gasteiger partial charge in [0, 0.05) is 25.9 Å². The molecule has 1 aromatic heterocycles. The number of nitrogens with two attached hydrogens (primary N) is 1. The quantitative estimate of drug-likeness (QED) is 0.780. The van der Waals surface area contributed by atoms with Crippen LogP contribution in [-0.4, -0.2) is 27.5 Å². The number of pyridine rings is 1. The van der Waals surface area contributed by atoms with Crippen LogP contribution in [0.15, 0.2) is 18.3 Å². The SMILES string of the molecule is CN(C)c1ncccc1COS(N)(=O)=O. The van der Waals surface area contributed by atoms with Crippen molar-refractivity contribution in [3.8, 4) is 0 Å². The molecule has 0 aliphatic rings. The van der Waals surface area contributed by atoms with Crippen LogP contribution in [0.4, 0.5) is 5.82 Å². The topological polar surface area (TPSA) is 85.5 Å². The molecule has 0 aromatic carbocycles. The van der Waals surface area contributed by atoms with Crippen molar-refractivity contribution in [2.75, 3.05) is 19.0 Å². The Hall–Kier alpha value is -1.18. The summed E-state index contributed by atoms with van der Waals surface area (Å²) in [5.74, 6) is 0.654. The molecule has 1 heterocycles. The Morgan fingerprint density at radius 2 is 2.20 bits per heavy atom. The lowest BCUT2D eigenvalue weighted by Gasteiger charge is -2.15. The minimum Gasteiger partial charge on any atom is -0.362 e. The lowest BCUT2D eigenvalue weighted by molar-refractivity contribution is 0.308. The summed E-state index contributed by atoms with van der Waals surface area (Å²) in [5, 5.41) is 4.73. The summed E-state index contributed by atoms with van der Waals surface area (Å²) in [6.45, 7) is -0.111. The first-order chi connectivity index (χ1) is 6.90. The fourth-order valence-corrected chi connectivity index (χ4v) is 1.38. The lowest BCUT2D eigenvalue weighted by Crippen LogP contribution is -2.18. The molecule has 7 heteroatoms. The standard InChI is InChI=1S/C8H13N3O3S/c1-11(2)8-7(4-3-5-10-8)6-14-15(9,12)13/h3-5H,6H2,1-2H3,(H2,9,12,13). The molecule has 0 aliphatic heterocycles. The van der Waals surface area contributed by atoms with Crippen LogP contribution in [0.25, 0.3) is 0 Å². The highest BCUT2D eigenvalue weighted by atomic mass is 32.2. The van der Waals surface area contributed by atoms with Gasteiger partial charge in [-0.1, -0.05) is 6.07 Å². The maximum atomic E-state index is 10.6. The van der Waals surface area contributed by atoms with Gasteiger partial charge >= 0.3 is 10.3 Å². The van der Waals surface area contributed by atoms with E-state index in [4.69, 9.17) is 5.14 Å². The van der Waals surface area contributed by atoms with Crippen LogP contribution in [0.1, 0.15) is 5.56 Å². The summed E-state index contributed by atoms with van der Waals surface area (Å²) in [5.41, 5.74) is 0.663. The van der Waals surface area contributed by atoms with Crippen molar-refractivity contribution >= 4 is 16.1 Å². The average Bonchev–Trinajstić information content (AvgIpc) is 2.14. The molecule has 0 aliphatic carbocycles. The van der Waals surface area contributed by atoms with Gasteiger partial charge in [-0.3, -0.25) is 4.18 Å². The molecule has 6 nitrogen and oxygen atoms in total. The molecular weight excluding hydrogens is 218 g/mol. The fraction of sp³-hybridized carbons (Fsp3) is 0.375. The second-order valence-electron chi connectivity index (χ2n) is 3.14. The normalized spacial score (nSPS) is 11.4. The summed E-state index contributed by atoms with van der Waals surface area (Å²) in [4.78, 5) is 5.85. The van der Waals surface area contributed by atoms with Crippen molar-refractivity contribution in [3.05, 3.63) is 23.9 Å². The molecule has 0 spiro atoms. The number of rotatable bonds is 4. The first-order valence-electron chi connectivity index (χ1n) is 4.18. The Balaban J connectivity index is 2.85. The zero-order valence-electron chi connectivity index (χ0n) is 8.54. The van der Waals surface area contributed by atoms with E-state index in [2.05, 4.69) is 9.17 Å². The monoisotopic (exact) mass is 231 g/mol. The van der Waals surface area contributed by atoms with Crippen LogP contribution < -0.4 is 10.0 Å². The van der Waals surface area contributed by atoms with Crippen molar-refractivity contribution in [1.82, 2.24) is 4.98 Å². The summed E-state index contributed by atoms with van der Waals surface area (Å²) in [6.07, 6.45) is 1.62. The maximum Gasteiger partial charge on any atom is 0.333 e. The molecule has 0 bridgehead atoms. The van der Waals surface area contributed by atoms with Gasteiger partial charge < -0.3 is 4.90 Å². The Morgan fingerprint density at radius 1 is 1.53 bits per heavy atom. The molecule has 0 saturated heterocycles. The Kier molecular flexibility index (Phi) is 3.61. The third-order valence-corrected chi connectivity index (χ3v) is 2.12. The fourth-order valence-electron chi connectivity index (χ4n) is 1.09. The molecule has 0 fully saturated rings. The Bertz CT molecular complexity index is 431. The van der Waals surface area contributed by atoms with Gasteiger partial charge in [-0.15, -0.1) is 0 Å². The largest absolute Gasteiger partial charge is 0.362 e. The predicted octanol–water partition coefficient (Wildman–Crippen LogP) is -0.132. The molecule has 0 amide bonds. The minimum absolute atomic E-state index is 0.111. The predicted molar refractivity (Wildman–Crippen MR) is 56.5 cm³/mol. The van der Waals surface area contributed by atoms with Crippen LogP contribution >= 0.6 is 0 Å². The van der Waals surface area contributed by atoms with Gasteiger partial charge in [0.1, 0.15) is 5.82 Å². The molecule has 1 aromatic rings. The van der Waals surface area contributed by atoms with Crippen LogP contribution in [0.3, 0.4) is 0 Å². The number of aromatic nitrogens is 1. The maximum absolute atomic E-state index is 10.6. The smallest absolute Gasteiger partial charge is 0.333 e. The van der Waals surface area contributed by atoms with Crippen molar-refractivity contribution in [1.29, 1.82) is 0 Å². The van der Waals surface area contributed by atoms with E-state index in [1.54, 1.807) is 23.2 Å². The Morgan fingerprint density at radius 3 is 2.73 bits per heavy atom. The van der Waals surface area contributed by atoms with Crippen molar-refractivity contribution in [2.24, 2.45) is 5.14 Å². The van der Waals surface area contributed by atoms with E-state index < -0.39 is 10.3 Å². The highest BCUT2D eigenvalue weighted by Crippen LogP contribution is 2.15. The Labute approximate surface area is 88.9 Å². The van der Waals surface area contributed by atoms with Gasteiger partial charge in [-0.2, -0.15) is 8.42 Å². The first-order valence-corrected chi connectivity index (χ1v) is 5.65. The molecule has 15 heavy (non-hydrogen) atoms. The van der Waals surface area contributed by atoms with E-state index in [0.717, 1.165) is 0 Å². The first kappa shape index (κ1) is 11.9. The highest BCUT2D eigenvalue weighted by molar-refractivity contribution is 7.84. The van der Waals surface area contributed by atoms with Crippen LogP contribution in [0, 0.1) is 0 Å². The third-order valence-electron chi connectivity index (χ3n) is 1.67. The van der Waals surface area contributed by atoms with Gasteiger partial charge in [0.25, 0.3) is 0 Å². The second kappa shape index (κ2) is 4.56. The van der Waals surface area contributed by atoms with Crippen molar-refractivity contribution in [3.63, 3.8) is 0 Å². The number of hydrogen-bond acceptors (Lipinski definition) is 5. The minimum atomic E-state index is -3.91. The summed E-state index contributed by atoms with van der Waals surface area (Å²) in [7, 11) is -0.294. The van der Waals surface area contributed by atoms with E-state index in [9.17, 15) is 8.42 Å². The molecular formula is C8H13N3O3S. The number of anilines is 1. The van der Waals surface area contributed by atoms with E-state index in [-0.39, 0.29) is 6.61 Å². The van der Waals surface area contributed by atoms with E-state index in [1.165, 1.54) is 0 Å². The van der Waals surface area contributed by atoms with Gasteiger partial charge in [-0.05, 0) is 6.07 Å². The van der Waals surface area contributed by atoms with E-state index >= 15 is 0 Å². The van der Waals surface area contributed by atoms with Crippen LogP contribution in [0.2, 0.25) is 0 Å². The lowest BCUT2D eigenvalue weighted by atomic mass is 10.2. The molecule has 84 valence electrons. The summed E-state index contributed by atoms with van der Waals surface area (Å²) >= 11 is 0. The van der Waals surface area contributed by atoms with E-state index in [0.29, 0.717) is 11.4 Å². The second-order valence-corrected chi connectivity index (χ2v) is 4.36. The third kappa shape index (κ3) is 3.82.